The Morgan fingerprint density at radius 2 is 2.23 bits per heavy atom. The molecule has 13 heavy (non-hydrogen) atoms. The summed E-state index contributed by atoms with van der Waals surface area (Å²) in [7, 11) is 1.83. The van der Waals surface area contributed by atoms with Crippen LogP contribution >= 0.6 is 0 Å². The molecule has 0 spiro atoms. The summed E-state index contributed by atoms with van der Waals surface area (Å²) in [5.74, 6) is -0.153. The Morgan fingerprint density at radius 1 is 1.54 bits per heavy atom. The summed E-state index contributed by atoms with van der Waals surface area (Å²) in [6.45, 7) is 1.98. The standard InChI is InChI=1S/C10H14FNO/c1-7(12-2)5-8-6-9(11)3-4-10(8)13/h3-4,6-7,12-13H,5H2,1-2H3. The lowest BCUT2D eigenvalue weighted by Crippen LogP contribution is -2.23. The van der Waals surface area contributed by atoms with Gasteiger partial charge < -0.3 is 10.4 Å². The zero-order valence-corrected chi connectivity index (χ0v) is 7.84. The zero-order valence-electron chi connectivity index (χ0n) is 7.84. The van der Waals surface area contributed by atoms with Gasteiger partial charge in [-0.15, -0.1) is 0 Å². The summed E-state index contributed by atoms with van der Waals surface area (Å²) >= 11 is 0. The maximum absolute atomic E-state index is 12.8. The number of phenols is 1. The van der Waals surface area contributed by atoms with Gasteiger partial charge in [0.2, 0.25) is 0 Å². The van der Waals surface area contributed by atoms with Gasteiger partial charge in [-0.05, 0) is 44.2 Å². The largest absolute Gasteiger partial charge is 0.508 e. The Bertz CT molecular complexity index is 288. The Kier molecular flexibility index (Phi) is 3.25. The number of benzene rings is 1. The summed E-state index contributed by atoms with van der Waals surface area (Å²) in [4.78, 5) is 0. The van der Waals surface area contributed by atoms with Gasteiger partial charge in [0, 0.05) is 6.04 Å². The Morgan fingerprint density at radius 3 is 2.85 bits per heavy atom. The molecule has 2 N–H and O–H groups in total. The van der Waals surface area contributed by atoms with Gasteiger partial charge >= 0.3 is 0 Å². The van der Waals surface area contributed by atoms with Gasteiger partial charge in [-0.2, -0.15) is 0 Å². The molecule has 0 aromatic heterocycles. The minimum atomic E-state index is -0.309. The van der Waals surface area contributed by atoms with Gasteiger partial charge in [-0.3, -0.25) is 0 Å². The lowest BCUT2D eigenvalue weighted by atomic mass is 10.1. The third kappa shape index (κ3) is 2.70. The van der Waals surface area contributed by atoms with Crippen LogP contribution in [-0.4, -0.2) is 18.2 Å². The van der Waals surface area contributed by atoms with Crippen molar-refractivity contribution in [2.75, 3.05) is 7.05 Å². The average Bonchev–Trinajstić information content (AvgIpc) is 2.11. The zero-order chi connectivity index (χ0) is 9.84. The van der Waals surface area contributed by atoms with E-state index in [1.807, 2.05) is 14.0 Å². The highest BCUT2D eigenvalue weighted by Gasteiger charge is 2.06. The van der Waals surface area contributed by atoms with E-state index in [9.17, 15) is 9.50 Å². The fourth-order valence-electron chi connectivity index (χ4n) is 1.15. The summed E-state index contributed by atoms with van der Waals surface area (Å²) in [6, 6.07) is 4.23. The van der Waals surface area contributed by atoms with Crippen LogP contribution in [0.5, 0.6) is 5.75 Å². The smallest absolute Gasteiger partial charge is 0.123 e. The molecule has 0 radical (unpaired) electrons. The fourth-order valence-corrected chi connectivity index (χ4v) is 1.15. The molecule has 1 aromatic rings. The van der Waals surface area contributed by atoms with Gasteiger partial charge in [0.25, 0.3) is 0 Å². The van der Waals surface area contributed by atoms with Crippen molar-refractivity contribution in [1.29, 1.82) is 0 Å². The van der Waals surface area contributed by atoms with Crippen LogP contribution in [0.4, 0.5) is 4.39 Å². The maximum atomic E-state index is 12.8. The second-order valence-electron chi connectivity index (χ2n) is 3.17. The van der Waals surface area contributed by atoms with Crippen LogP contribution in [0.3, 0.4) is 0 Å². The third-order valence-corrected chi connectivity index (χ3v) is 2.06. The van der Waals surface area contributed by atoms with E-state index in [1.54, 1.807) is 0 Å². The molecular formula is C10H14FNO. The molecule has 0 amide bonds. The highest BCUT2D eigenvalue weighted by Crippen LogP contribution is 2.19. The van der Waals surface area contributed by atoms with Crippen molar-refractivity contribution in [2.24, 2.45) is 0 Å². The van der Waals surface area contributed by atoms with Crippen LogP contribution in [0.15, 0.2) is 18.2 Å². The van der Waals surface area contributed by atoms with Crippen LogP contribution in [0.25, 0.3) is 0 Å². The van der Waals surface area contributed by atoms with E-state index in [0.717, 1.165) is 0 Å². The molecule has 0 aliphatic heterocycles. The first-order valence-corrected chi connectivity index (χ1v) is 4.28. The topological polar surface area (TPSA) is 32.3 Å². The van der Waals surface area contributed by atoms with Crippen LogP contribution in [0.2, 0.25) is 0 Å². The number of hydrogen-bond donors (Lipinski definition) is 2. The predicted molar refractivity (Wildman–Crippen MR) is 50.3 cm³/mol. The van der Waals surface area contributed by atoms with E-state index in [4.69, 9.17) is 0 Å². The number of likely N-dealkylation sites (N-methyl/N-ethyl adjacent to an activating group) is 1. The van der Waals surface area contributed by atoms with Gasteiger partial charge in [0.1, 0.15) is 11.6 Å². The number of hydrogen-bond acceptors (Lipinski definition) is 2. The average molecular weight is 183 g/mol. The molecule has 3 heteroatoms. The van der Waals surface area contributed by atoms with Gasteiger partial charge in [-0.1, -0.05) is 0 Å². The van der Waals surface area contributed by atoms with Crippen molar-refractivity contribution in [2.45, 2.75) is 19.4 Å². The summed E-state index contributed by atoms with van der Waals surface area (Å²) in [5, 5.41) is 12.4. The summed E-state index contributed by atoms with van der Waals surface area (Å²) in [6.07, 6.45) is 0.625. The number of rotatable bonds is 3. The Labute approximate surface area is 77.4 Å². The van der Waals surface area contributed by atoms with Crippen LogP contribution in [0, 0.1) is 5.82 Å². The quantitative estimate of drug-likeness (QED) is 0.747. The van der Waals surface area contributed by atoms with Crippen molar-refractivity contribution in [3.63, 3.8) is 0 Å². The first-order valence-electron chi connectivity index (χ1n) is 4.28. The highest BCUT2D eigenvalue weighted by molar-refractivity contribution is 5.33. The molecule has 1 rings (SSSR count). The number of halogens is 1. The Balaban J connectivity index is 2.81. The molecule has 0 saturated carbocycles. The molecule has 0 heterocycles. The molecule has 72 valence electrons. The van der Waals surface area contributed by atoms with E-state index < -0.39 is 0 Å². The predicted octanol–water partition coefficient (Wildman–Crippen LogP) is 1.68. The molecule has 0 aliphatic carbocycles. The van der Waals surface area contributed by atoms with Gasteiger partial charge in [-0.25, -0.2) is 4.39 Å². The number of nitrogens with one attached hydrogen (secondary N) is 1. The van der Waals surface area contributed by atoms with E-state index in [-0.39, 0.29) is 17.6 Å². The summed E-state index contributed by atoms with van der Waals surface area (Å²) in [5.41, 5.74) is 0.641. The van der Waals surface area contributed by atoms with E-state index in [0.29, 0.717) is 12.0 Å². The fraction of sp³-hybridized carbons (Fsp3) is 0.400. The molecule has 2 nitrogen and oxygen atoms in total. The molecular weight excluding hydrogens is 169 g/mol. The van der Waals surface area contributed by atoms with Crippen LogP contribution in [-0.2, 0) is 6.42 Å². The molecule has 0 fully saturated rings. The lowest BCUT2D eigenvalue weighted by molar-refractivity contribution is 0.459. The number of aromatic hydroxyl groups is 1. The monoisotopic (exact) mass is 183 g/mol. The summed E-state index contributed by atoms with van der Waals surface area (Å²) < 4.78 is 12.8. The van der Waals surface area contributed by atoms with Gasteiger partial charge in [0.05, 0.1) is 0 Å². The normalized spacial score (nSPS) is 12.8. The van der Waals surface area contributed by atoms with Crippen LogP contribution in [0.1, 0.15) is 12.5 Å². The molecule has 0 aliphatic rings. The molecule has 0 saturated heterocycles. The lowest BCUT2D eigenvalue weighted by Gasteiger charge is -2.11. The van der Waals surface area contributed by atoms with Crippen molar-refractivity contribution in [1.82, 2.24) is 5.32 Å². The Hall–Kier alpha value is -1.09. The molecule has 1 aromatic carbocycles. The third-order valence-electron chi connectivity index (χ3n) is 2.06. The minimum absolute atomic E-state index is 0.156. The van der Waals surface area contributed by atoms with E-state index in [2.05, 4.69) is 5.32 Å². The first-order chi connectivity index (χ1) is 6.13. The van der Waals surface area contributed by atoms with E-state index >= 15 is 0 Å². The van der Waals surface area contributed by atoms with Crippen LogP contribution < -0.4 is 5.32 Å². The molecule has 1 unspecified atom stereocenters. The SMILES string of the molecule is CNC(C)Cc1cc(F)ccc1O. The number of phenolic OH excluding ortho intramolecular Hbond substituents is 1. The van der Waals surface area contributed by atoms with Gasteiger partial charge in [0.15, 0.2) is 0 Å². The maximum Gasteiger partial charge on any atom is 0.123 e. The van der Waals surface area contributed by atoms with E-state index in [1.165, 1.54) is 18.2 Å². The van der Waals surface area contributed by atoms with Crippen molar-refractivity contribution in [3.05, 3.63) is 29.6 Å². The van der Waals surface area contributed by atoms with Crippen molar-refractivity contribution in [3.8, 4) is 5.75 Å². The second kappa shape index (κ2) is 4.23. The minimum Gasteiger partial charge on any atom is -0.508 e. The first kappa shape index (κ1) is 9.99. The highest BCUT2D eigenvalue weighted by atomic mass is 19.1. The molecule has 0 bridgehead atoms. The van der Waals surface area contributed by atoms with Crippen molar-refractivity contribution >= 4 is 0 Å². The molecule has 1 atom stereocenters. The van der Waals surface area contributed by atoms with Crippen molar-refractivity contribution < 1.29 is 9.50 Å². The second-order valence-corrected chi connectivity index (χ2v) is 3.17.